The minimum absolute atomic E-state index is 0.154. The molecule has 1 aliphatic rings. The largest absolute Gasteiger partial charge is 0.353 e. The number of rotatable bonds is 4. The molecule has 0 aromatic carbocycles. The lowest BCUT2D eigenvalue weighted by Gasteiger charge is -2.06. The van der Waals surface area contributed by atoms with Gasteiger partial charge < -0.3 is 10.1 Å². The maximum absolute atomic E-state index is 10.7. The molecule has 3 nitrogen and oxygen atoms in total. The molecule has 0 aliphatic carbocycles. The number of amides is 1. The van der Waals surface area contributed by atoms with Gasteiger partial charge in [-0.3, -0.25) is 4.79 Å². The van der Waals surface area contributed by atoms with Crippen molar-refractivity contribution in [2.75, 3.05) is 0 Å². The number of aldehydes is 1. The van der Waals surface area contributed by atoms with Gasteiger partial charge in [0.1, 0.15) is 6.29 Å². The summed E-state index contributed by atoms with van der Waals surface area (Å²) in [6.45, 7) is 0. The van der Waals surface area contributed by atoms with Gasteiger partial charge in [0.25, 0.3) is 0 Å². The van der Waals surface area contributed by atoms with Crippen LogP contribution in [0.15, 0.2) is 0 Å². The summed E-state index contributed by atoms with van der Waals surface area (Å²) in [5.74, 6) is 0.154. The Labute approximate surface area is 66.2 Å². The van der Waals surface area contributed by atoms with E-state index in [9.17, 15) is 9.59 Å². The van der Waals surface area contributed by atoms with E-state index in [-0.39, 0.29) is 5.91 Å². The summed E-state index contributed by atoms with van der Waals surface area (Å²) in [6, 6.07) is 0.336. The molecule has 1 N–H and O–H groups in total. The van der Waals surface area contributed by atoms with Crippen LogP contribution in [0.25, 0.3) is 0 Å². The number of unbranched alkanes of at least 4 members (excludes halogenated alkanes) is 1. The Morgan fingerprint density at radius 3 is 3.00 bits per heavy atom. The van der Waals surface area contributed by atoms with E-state index in [2.05, 4.69) is 5.32 Å². The van der Waals surface area contributed by atoms with Crippen molar-refractivity contribution in [2.45, 2.75) is 38.1 Å². The predicted molar refractivity (Wildman–Crippen MR) is 41.1 cm³/mol. The van der Waals surface area contributed by atoms with Crippen LogP contribution in [0.2, 0.25) is 0 Å². The van der Waals surface area contributed by atoms with Crippen LogP contribution in [0.5, 0.6) is 0 Å². The molecule has 1 amide bonds. The molecule has 1 fully saturated rings. The minimum atomic E-state index is 0.154. The van der Waals surface area contributed by atoms with Crippen LogP contribution in [0.4, 0.5) is 0 Å². The SMILES string of the molecule is O=CCCCC1CCC(=O)N1. The van der Waals surface area contributed by atoms with E-state index in [0.717, 1.165) is 25.5 Å². The molecule has 3 heteroatoms. The molecule has 1 unspecified atom stereocenters. The maximum atomic E-state index is 10.7. The highest BCUT2D eigenvalue weighted by molar-refractivity contribution is 5.78. The van der Waals surface area contributed by atoms with Crippen LogP contribution in [0, 0.1) is 0 Å². The number of hydrogen-bond acceptors (Lipinski definition) is 2. The first-order valence-electron chi connectivity index (χ1n) is 4.06. The van der Waals surface area contributed by atoms with Crippen molar-refractivity contribution in [1.82, 2.24) is 5.32 Å². The van der Waals surface area contributed by atoms with Crippen molar-refractivity contribution in [3.63, 3.8) is 0 Å². The van der Waals surface area contributed by atoms with Gasteiger partial charge in [-0.1, -0.05) is 0 Å². The molecule has 0 aromatic rings. The average Bonchev–Trinajstić information content (AvgIpc) is 2.37. The lowest BCUT2D eigenvalue weighted by Crippen LogP contribution is -2.24. The third kappa shape index (κ3) is 2.70. The van der Waals surface area contributed by atoms with Crippen LogP contribution in [-0.2, 0) is 9.59 Å². The summed E-state index contributed by atoms with van der Waals surface area (Å²) >= 11 is 0. The molecule has 1 saturated heterocycles. The van der Waals surface area contributed by atoms with Crippen LogP contribution >= 0.6 is 0 Å². The van der Waals surface area contributed by atoms with Crippen molar-refractivity contribution >= 4 is 12.2 Å². The summed E-state index contributed by atoms with van der Waals surface area (Å²) in [6.07, 6.45) is 4.99. The lowest BCUT2D eigenvalue weighted by molar-refractivity contribution is -0.119. The third-order valence-electron chi connectivity index (χ3n) is 1.96. The van der Waals surface area contributed by atoms with Crippen LogP contribution in [0.3, 0.4) is 0 Å². The van der Waals surface area contributed by atoms with Crippen LogP contribution < -0.4 is 5.32 Å². The highest BCUT2D eigenvalue weighted by Crippen LogP contribution is 2.12. The Morgan fingerprint density at radius 1 is 1.64 bits per heavy atom. The molecule has 1 aliphatic heterocycles. The van der Waals surface area contributed by atoms with Gasteiger partial charge in [-0.05, 0) is 19.3 Å². The fourth-order valence-electron chi connectivity index (χ4n) is 1.34. The number of nitrogens with one attached hydrogen (secondary N) is 1. The lowest BCUT2D eigenvalue weighted by atomic mass is 10.1. The van der Waals surface area contributed by atoms with Gasteiger partial charge in [0.05, 0.1) is 0 Å². The fraction of sp³-hybridized carbons (Fsp3) is 0.750. The molecule has 0 spiro atoms. The first-order chi connectivity index (χ1) is 5.33. The topological polar surface area (TPSA) is 46.2 Å². The second kappa shape index (κ2) is 4.11. The van der Waals surface area contributed by atoms with Gasteiger partial charge in [-0.2, -0.15) is 0 Å². The third-order valence-corrected chi connectivity index (χ3v) is 1.96. The van der Waals surface area contributed by atoms with Crippen LogP contribution in [-0.4, -0.2) is 18.2 Å². The second-order valence-electron chi connectivity index (χ2n) is 2.90. The Morgan fingerprint density at radius 2 is 2.45 bits per heavy atom. The average molecular weight is 155 g/mol. The van der Waals surface area contributed by atoms with E-state index >= 15 is 0 Å². The van der Waals surface area contributed by atoms with Gasteiger partial charge in [-0.25, -0.2) is 0 Å². The normalized spacial score (nSPS) is 23.3. The molecule has 1 rings (SSSR count). The van der Waals surface area contributed by atoms with Crippen molar-refractivity contribution in [3.8, 4) is 0 Å². The minimum Gasteiger partial charge on any atom is -0.353 e. The molecule has 0 radical (unpaired) electrons. The van der Waals surface area contributed by atoms with Crippen molar-refractivity contribution in [1.29, 1.82) is 0 Å². The van der Waals surface area contributed by atoms with E-state index in [1.165, 1.54) is 0 Å². The van der Waals surface area contributed by atoms with Crippen molar-refractivity contribution in [2.24, 2.45) is 0 Å². The zero-order valence-corrected chi connectivity index (χ0v) is 6.51. The monoisotopic (exact) mass is 155 g/mol. The van der Waals surface area contributed by atoms with E-state index in [0.29, 0.717) is 18.9 Å². The Kier molecular flexibility index (Phi) is 3.08. The van der Waals surface area contributed by atoms with E-state index in [4.69, 9.17) is 0 Å². The molecule has 0 saturated carbocycles. The molecule has 0 aromatic heterocycles. The summed E-state index contributed by atoms with van der Waals surface area (Å²) < 4.78 is 0. The molecule has 11 heavy (non-hydrogen) atoms. The maximum Gasteiger partial charge on any atom is 0.220 e. The number of carbonyl (C=O) groups is 2. The van der Waals surface area contributed by atoms with E-state index < -0.39 is 0 Å². The zero-order valence-electron chi connectivity index (χ0n) is 6.51. The second-order valence-corrected chi connectivity index (χ2v) is 2.90. The summed E-state index contributed by atoms with van der Waals surface area (Å²) in [5.41, 5.74) is 0. The standard InChI is InChI=1S/C8H13NO2/c10-6-2-1-3-7-4-5-8(11)9-7/h6-7H,1-5H2,(H,9,11). The molecule has 62 valence electrons. The summed E-state index contributed by atoms with van der Waals surface area (Å²) in [5, 5.41) is 2.86. The van der Waals surface area contributed by atoms with E-state index in [1.54, 1.807) is 0 Å². The zero-order chi connectivity index (χ0) is 8.10. The van der Waals surface area contributed by atoms with Crippen LogP contribution in [0.1, 0.15) is 32.1 Å². The molecule has 1 heterocycles. The summed E-state index contributed by atoms with van der Waals surface area (Å²) in [7, 11) is 0. The van der Waals surface area contributed by atoms with Crippen molar-refractivity contribution < 1.29 is 9.59 Å². The van der Waals surface area contributed by atoms with Gasteiger partial charge in [0.15, 0.2) is 0 Å². The molecular formula is C8H13NO2. The molecule has 1 atom stereocenters. The Hall–Kier alpha value is -0.860. The highest BCUT2D eigenvalue weighted by Gasteiger charge is 2.19. The molecular weight excluding hydrogens is 142 g/mol. The smallest absolute Gasteiger partial charge is 0.220 e. The quantitative estimate of drug-likeness (QED) is 0.478. The van der Waals surface area contributed by atoms with Crippen molar-refractivity contribution in [3.05, 3.63) is 0 Å². The first kappa shape index (κ1) is 8.24. The first-order valence-corrected chi connectivity index (χ1v) is 4.06. The van der Waals surface area contributed by atoms with E-state index in [1.807, 2.05) is 0 Å². The fourth-order valence-corrected chi connectivity index (χ4v) is 1.34. The van der Waals surface area contributed by atoms with Gasteiger partial charge >= 0.3 is 0 Å². The van der Waals surface area contributed by atoms with Gasteiger partial charge in [0, 0.05) is 18.9 Å². The molecule has 0 bridgehead atoms. The highest BCUT2D eigenvalue weighted by atomic mass is 16.1. The summed E-state index contributed by atoms with van der Waals surface area (Å²) in [4.78, 5) is 20.7. The predicted octanol–water partition coefficient (Wildman–Crippen LogP) is 0.634. The van der Waals surface area contributed by atoms with Gasteiger partial charge in [0.2, 0.25) is 5.91 Å². The van der Waals surface area contributed by atoms with Gasteiger partial charge in [-0.15, -0.1) is 0 Å². The Balaban J connectivity index is 2.08. The Bertz CT molecular complexity index is 156. The number of carbonyl (C=O) groups excluding carboxylic acids is 2. The number of hydrogen-bond donors (Lipinski definition) is 1.